The van der Waals surface area contributed by atoms with Crippen molar-refractivity contribution < 1.29 is 4.79 Å². The minimum Gasteiger partial charge on any atom is -0.367 e. The van der Waals surface area contributed by atoms with Crippen molar-refractivity contribution in [2.45, 2.75) is 19.9 Å². The van der Waals surface area contributed by atoms with Gasteiger partial charge in [-0.25, -0.2) is 0 Å². The van der Waals surface area contributed by atoms with Crippen LogP contribution < -0.4 is 16.4 Å². The molecule has 0 aromatic carbocycles. The monoisotopic (exact) mass is 237 g/mol. The Morgan fingerprint density at radius 1 is 1.41 bits per heavy atom. The van der Waals surface area contributed by atoms with Crippen molar-refractivity contribution in [1.29, 1.82) is 0 Å². The van der Waals surface area contributed by atoms with Gasteiger partial charge in [-0.2, -0.15) is 0 Å². The number of aromatic nitrogens is 2. The van der Waals surface area contributed by atoms with Crippen molar-refractivity contribution in [2.75, 3.05) is 18.9 Å². The number of nitrogens with zero attached hydrogens (tertiary/aromatic N) is 2. The number of hydrogen-bond donors (Lipinski definition) is 3. The summed E-state index contributed by atoms with van der Waals surface area (Å²) in [5, 5.41) is 13.3. The Kier molecular flexibility index (Phi) is 4.84. The Balaban J connectivity index is 2.54. The zero-order chi connectivity index (χ0) is 12.8. The number of anilines is 1. The summed E-state index contributed by atoms with van der Waals surface area (Å²) >= 11 is 0. The Labute approximate surface area is 101 Å². The first-order valence-electron chi connectivity index (χ1n) is 5.60. The van der Waals surface area contributed by atoms with Gasteiger partial charge in [-0.1, -0.05) is 13.8 Å². The van der Waals surface area contributed by atoms with Crippen LogP contribution in [-0.4, -0.2) is 35.7 Å². The fourth-order valence-corrected chi connectivity index (χ4v) is 1.13. The lowest BCUT2D eigenvalue weighted by Crippen LogP contribution is -2.34. The van der Waals surface area contributed by atoms with Crippen molar-refractivity contribution >= 4 is 11.7 Å². The molecule has 0 saturated carbocycles. The summed E-state index contributed by atoms with van der Waals surface area (Å²) in [7, 11) is 1.55. The van der Waals surface area contributed by atoms with Gasteiger partial charge in [0.05, 0.1) is 0 Å². The predicted octanol–water partition coefficient (Wildman–Crippen LogP) is 0.231. The number of hydrogen-bond acceptors (Lipinski definition) is 5. The van der Waals surface area contributed by atoms with E-state index in [-0.39, 0.29) is 11.9 Å². The lowest BCUT2D eigenvalue weighted by Gasteiger charge is -2.16. The fourth-order valence-electron chi connectivity index (χ4n) is 1.13. The largest absolute Gasteiger partial charge is 0.367 e. The molecular weight excluding hydrogens is 218 g/mol. The van der Waals surface area contributed by atoms with E-state index in [0.29, 0.717) is 24.0 Å². The second-order valence-electron chi connectivity index (χ2n) is 4.17. The first-order valence-corrected chi connectivity index (χ1v) is 5.60. The molecule has 0 bridgehead atoms. The molecule has 0 radical (unpaired) electrons. The Hall–Kier alpha value is -1.69. The van der Waals surface area contributed by atoms with E-state index < -0.39 is 0 Å². The first-order chi connectivity index (χ1) is 8.04. The van der Waals surface area contributed by atoms with Crippen LogP contribution in [0.25, 0.3) is 0 Å². The Bertz CT molecular complexity index is 363. The topological polar surface area (TPSA) is 92.9 Å². The SMILES string of the molecule is CNC(=O)c1ccc(NCC(N)C(C)C)nn1. The molecule has 1 aromatic heterocycles. The van der Waals surface area contributed by atoms with E-state index in [9.17, 15) is 4.79 Å². The van der Waals surface area contributed by atoms with Gasteiger partial charge in [0.15, 0.2) is 5.69 Å². The molecule has 94 valence electrons. The van der Waals surface area contributed by atoms with Crippen LogP contribution in [0.4, 0.5) is 5.82 Å². The maximum atomic E-state index is 11.2. The summed E-state index contributed by atoms with van der Waals surface area (Å²) in [5.74, 6) is 0.775. The normalized spacial score (nSPS) is 12.3. The molecule has 4 N–H and O–H groups in total. The molecule has 17 heavy (non-hydrogen) atoms. The minimum atomic E-state index is -0.247. The van der Waals surface area contributed by atoms with E-state index in [1.54, 1.807) is 19.2 Å². The molecule has 0 saturated heterocycles. The average Bonchev–Trinajstić information content (AvgIpc) is 2.35. The van der Waals surface area contributed by atoms with Crippen LogP contribution in [0.5, 0.6) is 0 Å². The molecule has 1 rings (SSSR count). The molecule has 1 amide bonds. The molecule has 0 aliphatic heterocycles. The first kappa shape index (κ1) is 13.4. The Morgan fingerprint density at radius 3 is 2.59 bits per heavy atom. The number of carbonyl (C=O) groups is 1. The summed E-state index contributed by atoms with van der Waals surface area (Å²) < 4.78 is 0. The molecule has 0 spiro atoms. The number of amides is 1. The van der Waals surface area contributed by atoms with Gasteiger partial charge < -0.3 is 16.4 Å². The summed E-state index contributed by atoms with van der Waals surface area (Å²) in [4.78, 5) is 11.2. The van der Waals surface area contributed by atoms with Gasteiger partial charge in [-0.15, -0.1) is 10.2 Å². The average molecular weight is 237 g/mol. The zero-order valence-corrected chi connectivity index (χ0v) is 10.4. The van der Waals surface area contributed by atoms with Gasteiger partial charge in [0.1, 0.15) is 5.82 Å². The highest BCUT2D eigenvalue weighted by Crippen LogP contribution is 2.04. The number of carbonyl (C=O) groups excluding carboxylic acids is 1. The highest BCUT2D eigenvalue weighted by atomic mass is 16.1. The van der Waals surface area contributed by atoms with E-state index in [0.717, 1.165) is 0 Å². The molecule has 1 atom stereocenters. The van der Waals surface area contributed by atoms with Crippen LogP contribution in [0.2, 0.25) is 0 Å². The second-order valence-corrected chi connectivity index (χ2v) is 4.17. The number of nitrogens with two attached hydrogens (primary N) is 1. The van der Waals surface area contributed by atoms with E-state index in [1.807, 2.05) is 0 Å². The van der Waals surface area contributed by atoms with Gasteiger partial charge in [0, 0.05) is 19.6 Å². The van der Waals surface area contributed by atoms with Crippen molar-refractivity contribution in [3.8, 4) is 0 Å². The molecule has 1 aromatic rings. The molecule has 0 fully saturated rings. The van der Waals surface area contributed by atoms with Crippen molar-refractivity contribution in [3.05, 3.63) is 17.8 Å². The number of rotatable bonds is 5. The van der Waals surface area contributed by atoms with E-state index in [1.165, 1.54) is 0 Å². The van der Waals surface area contributed by atoms with E-state index in [2.05, 4.69) is 34.7 Å². The van der Waals surface area contributed by atoms with Crippen LogP contribution in [0.15, 0.2) is 12.1 Å². The van der Waals surface area contributed by atoms with Gasteiger partial charge in [0.2, 0.25) is 0 Å². The van der Waals surface area contributed by atoms with Gasteiger partial charge in [0.25, 0.3) is 5.91 Å². The van der Waals surface area contributed by atoms with Crippen LogP contribution in [-0.2, 0) is 0 Å². The third-order valence-electron chi connectivity index (χ3n) is 2.50. The standard InChI is InChI=1S/C11H19N5O/c1-7(2)8(12)6-14-10-5-4-9(15-16-10)11(17)13-3/h4-5,7-8H,6,12H2,1-3H3,(H,13,17)(H,14,16). The van der Waals surface area contributed by atoms with Crippen LogP contribution in [0.1, 0.15) is 24.3 Å². The lowest BCUT2D eigenvalue weighted by atomic mass is 10.1. The maximum absolute atomic E-state index is 11.2. The fraction of sp³-hybridized carbons (Fsp3) is 0.545. The van der Waals surface area contributed by atoms with Crippen molar-refractivity contribution in [2.24, 2.45) is 11.7 Å². The smallest absolute Gasteiger partial charge is 0.271 e. The highest BCUT2D eigenvalue weighted by molar-refractivity contribution is 5.91. The number of nitrogens with one attached hydrogen (secondary N) is 2. The summed E-state index contributed by atoms with van der Waals surface area (Å²) in [6.07, 6.45) is 0. The maximum Gasteiger partial charge on any atom is 0.271 e. The Morgan fingerprint density at radius 2 is 2.12 bits per heavy atom. The second kappa shape index (κ2) is 6.15. The van der Waals surface area contributed by atoms with Gasteiger partial charge >= 0.3 is 0 Å². The van der Waals surface area contributed by atoms with Crippen LogP contribution >= 0.6 is 0 Å². The van der Waals surface area contributed by atoms with Gasteiger partial charge in [-0.3, -0.25) is 4.79 Å². The van der Waals surface area contributed by atoms with Gasteiger partial charge in [-0.05, 0) is 18.1 Å². The minimum absolute atomic E-state index is 0.0652. The molecule has 6 heteroatoms. The summed E-state index contributed by atoms with van der Waals surface area (Å²) in [6, 6.07) is 3.40. The summed E-state index contributed by atoms with van der Waals surface area (Å²) in [5.41, 5.74) is 6.19. The van der Waals surface area contributed by atoms with Crippen LogP contribution in [0, 0.1) is 5.92 Å². The zero-order valence-electron chi connectivity index (χ0n) is 10.4. The third-order valence-corrected chi connectivity index (χ3v) is 2.50. The van der Waals surface area contributed by atoms with Crippen molar-refractivity contribution in [1.82, 2.24) is 15.5 Å². The molecular formula is C11H19N5O. The van der Waals surface area contributed by atoms with Crippen LogP contribution in [0.3, 0.4) is 0 Å². The molecule has 6 nitrogen and oxygen atoms in total. The molecule has 1 unspecified atom stereocenters. The van der Waals surface area contributed by atoms with E-state index >= 15 is 0 Å². The highest BCUT2D eigenvalue weighted by Gasteiger charge is 2.08. The predicted molar refractivity (Wildman–Crippen MR) is 66.7 cm³/mol. The lowest BCUT2D eigenvalue weighted by molar-refractivity contribution is 0.0957. The molecule has 0 aliphatic carbocycles. The summed E-state index contributed by atoms with van der Waals surface area (Å²) in [6.45, 7) is 4.76. The third kappa shape index (κ3) is 3.99. The van der Waals surface area contributed by atoms with E-state index in [4.69, 9.17) is 5.73 Å². The quantitative estimate of drug-likeness (QED) is 0.681. The molecule has 1 heterocycles. The molecule has 0 aliphatic rings. The van der Waals surface area contributed by atoms with Crippen molar-refractivity contribution in [3.63, 3.8) is 0 Å².